The van der Waals surface area contributed by atoms with Crippen molar-refractivity contribution in [1.29, 1.82) is 0 Å². The van der Waals surface area contributed by atoms with Crippen molar-refractivity contribution < 1.29 is 5.11 Å². The van der Waals surface area contributed by atoms with Gasteiger partial charge < -0.3 is 5.11 Å². The van der Waals surface area contributed by atoms with E-state index in [0.717, 1.165) is 22.8 Å². The molecule has 15 heavy (non-hydrogen) atoms. The van der Waals surface area contributed by atoms with Gasteiger partial charge in [-0.05, 0) is 30.0 Å². The van der Waals surface area contributed by atoms with E-state index in [2.05, 4.69) is 13.8 Å². The summed E-state index contributed by atoms with van der Waals surface area (Å²) < 4.78 is 0. The fourth-order valence-electron chi connectivity index (χ4n) is 1.91. The van der Waals surface area contributed by atoms with Gasteiger partial charge in [0, 0.05) is 10.5 Å². The highest BCUT2D eigenvalue weighted by atomic mass is 33.1. The summed E-state index contributed by atoms with van der Waals surface area (Å²) >= 11 is 0. The molecule has 1 heterocycles. The minimum Gasteiger partial charge on any atom is -0.508 e. The van der Waals surface area contributed by atoms with Gasteiger partial charge in [-0.15, -0.1) is 0 Å². The molecular formula is C12H16OS2. The fourth-order valence-corrected chi connectivity index (χ4v) is 4.88. The molecule has 1 N–H and O–H groups in total. The zero-order chi connectivity index (χ0) is 10.8. The van der Waals surface area contributed by atoms with Gasteiger partial charge in [-0.3, -0.25) is 0 Å². The van der Waals surface area contributed by atoms with Gasteiger partial charge in [0.1, 0.15) is 5.75 Å². The van der Waals surface area contributed by atoms with Crippen molar-refractivity contribution in [3.05, 3.63) is 29.8 Å². The second-order valence-electron chi connectivity index (χ2n) is 4.21. The van der Waals surface area contributed by atoms with Crippen LogP contribution in [0, 0.1) is 5.92 Å². The fraction of sp³-hybridized carbons (Fsp3) is 0.500. The smallest absolute Gasteiger partial charge is 0.115 e. The molecule has 1 aliphatic heterocycles. The summed E-state index contributed by atoms with van der Waals surface area (Å²) in [4.78, 5) is 0. The van der Waals surface area contributed by atoms with Crippen LogP contribution in [0.5, 0.6) is 5.75 Å². The van der Waals surface area contributed by atoms with Crippen molar-refractivity contribution in [1.82, 2.24) is 0 Å². The standard InChI is InChI=1S/C12H16OS2/c1-8(12-9(2)14-15-12)7-10-3-5-11(13)6-4-10/h3-6,8-9,12-13H,7H2,1-2H3. The van der Waals surface area contributed by atoms with Crippen LogP contribution in [0.4, 0.5) is 0 Å². The van der Waals surface area contributed by atoms with Crippen molar-refractivity contribution in [2.45, 2.75) is 30.8 Å². The highest BCUT2D eigenvalue weighted by Crippen LogP contribution is 2.51. The third kappa shape index (κ3) is 2.64. The first-order valence-corrected chi connectivity index (χ1v) is 7.54. The summed E-state index contributed by atoms with van der Waals surface area (Å²) in [5.74, 6) is 1.07. The van der Waals surface area contributed by atoms with Crippen LogP contribution in [0.25, 0.3) is 0 Å². The zero-order valence-electron chi connectivity index (χ0n) is 9.01. The highest BCUT2D eigenvalue weighted by Gasteiger charge is 2.33. The molecule has 3 heteroatoms. The van der Waals surface area contributed by atoms with E-state index in [4.69, 9.17) is 0 Å². The quantitative estimate of drug-likeness (QED) is 0.813. The van der Waals surface area contributed by atoms with Crippen molar-refractivity contribution >= 4 is 21.6 Å². The Kier molecular flexibility index (Phi) is 3.52. The maximum atomic E-state index is 9.19. The van der Waals surface area contributed by atoms with Crippen molar-refractivity contribution in [3.63, 3.8) is 0 Å². The summed E-state index contributed by atoms with van der Waals surface area (Å²) in [6.45, 7) is 4.62. The third-order valence-corrected chi connectivity index (χ3v) is 6.72. The first-order chi connectivity index (χ1) is 7.16. The molecule has 1 fully saturated rings. The van der Waals surface area contributed by atoms with E-state index in [-0.39, 0.29) is 0 Å². The van der Waals surface area contributed by atoms with Gasteiger partial charge in [-0.1, -0.05) is 47.6 Å². The Morgan fingerprint density at radius 1 is 1.27 bits per heavy atom. The van der Waals surface area contributed by atoms with Gasteiger partial charge in [0.2, 0.25) is 0 Å². The maximum Gasteiger partial charge on any atom is 0.115 e. The summed E-state index contributed by atoms with van der Waals surface area (Å²) in [5.41, 5.74) is 1.32. The number of phenols is 1. The van der Waals surface area contributed by atoms with Crippen molar-refractivity contribution in [2.75, 3.05) is 0 Å². The van der Waals surface area contributed by atoms with Crippen LogP contribution >= 0.6 is 21.6 Å². The molecule has 0 aromatic heterocycles. The monoisotopic (exact) mass is 240 g/mol. The van der Waals surface area contributed by atoms with Crippen molar-refractivity contribution in [2.24, 2.45) is 5.92 Å². The highest BCUT2D eigenvalue weighted by molar-refractivity contribution is 8.80. The SMILES string of the molecule is CC(Cc1ccc(O)cc1)C1SSC1C. The molecule has 2 rings (SSSR count). The van der Waals surface area contributed by atoms with Gasteiger partial charge in [-0.25, -0.2) is 0 Å². The molecule has 1 aliphatic rings. The largest absolute Gasteiger partial charge is 0.508 e. The molecule has 82 valence electrons. The Labute approximate surface area is 99.1 Å². The van der Waals surface area contributed by atoms with Crippen molar-refractivity contribution in [3.8, 4) is 5.75 Å². The molecular weight excluding hydrogens is 224 g/mol. The number of phenolic OH excluding ortho intramolecular Hbond substituents is 1. The molecule has 1 aromatic carbocycles. The number of hydrogen-bond donors (Lipinski definition) is 1. The van der Waals surface area contributed by atoms with Gasteiger partial charge >= 0.3 is 0 Å². The maximum absolute atomic E-state index is 9.19. The predicted molar refractivity (Wildman–Crippen MR) is 69.4 cm³/mol. The minimum atomic E-state index is 0.355. The molecule has 0 spiro atoms. The second-order valence-corrected chi connectivity index (χ2v) is 7.04. The van der Waals surface area contributed by atoms with Gasteiger partial charge in [-0.2, -0.15) is 0 Å². The second kappa shape index (κ2) is 4.71. The van der Waals surface area contributed by atoms with E-state index in [1.165, 1.54) is 5.56 Å². The molecule has 3 unspecified atom stereocenters. The first-order valence-electron chi connectivity index (χ1n) is 5.27. The van der Waals surface area contributed by atoms with E-state index in [1.54, 1.807) is 12.1 Å². The summed E-state index contributed by atoms with van der Waals surface area (Å²) in [6.07, 6.45) is 1.11. The lowest BCUT2D eigenvalue weighted by molar-refractivity contribution is 0.474. The van der Waals surface area contributed by atoms with E-state index in [9.17, 15) is 5.11 Å². The Hall–Kier alpha value is -0.280. The zero-order valence-corrected chi connectivity index (χ0v) is 10.6. The molecule has 1 nitrogen and oxygen atoms in total. The summed E-state index contributed by atoms with van der Waals surface area (Å²) in [7, 11) is 4.00. The number of hydrogen-bond acceptors (Lipinski definition) is 3. The minimum absolute atomic E-state index is 0.355. The lowest BCUT2D eigenvalue weighted by Gasteiger charge is -2.36. The topological polar surface area (TPSA) is 20.2 Å². The Morgan fingerprint density at radius 2 is 1.93 bits per heavy atom. The van der Waals surface area contributed by atoms with Crippen LogP contribution in [-0.2, 0) is 6.42 Å². The van der Waals surface area contributed by atoms with Crippen LogP contribution in [0.3, 0.4) is 0 Å². The Balaban J connectivity index is 1.93. The average molecular weight is 240 g/mol. The normalized spacial score (nSPS) is 27.1. The van der Waals surface area contributed by atoms with E-state index >= 15 is 0 Å². The van der Waals surface area contributed by atoms with E-state index in [0.29, 0.717) is 5.75 Å². The number of benzene rings is 1. The van der Waals surface area contributed by atoms with Crippen LogP contribution in [0.15, 0.2) is 24.3 Å². The van der Waals surface area contributed by atoms with E-state index < -0.39 is 0 Å². The molecule has 0 saturated carbocycles. The molecule has 0 bridgehead atoms. The van der Waals surface area contributed by atoms with Gasteiger partial charge in [0.15, 0.2) is 0 Å². The molecule has 0 radical (unpaired) electrons. The van der Waals surface area contributed by atoms with Crippen LogP contribution in [-0.4, -0.2) is 15.6 Å². The lowest BCUT2D eigenvalue weighted by Crippen LogP contribution is -2.31. The molecule has 0 aliphatic carbocycles. The lowest BCUT2D eigenvalue weighted by atomic mass is 9.96. The third-order valence-electron chi connectivity index (χ3n) is 2.84. The first kappa shape index (κ1) is 11.2. The van der Waals surface area contributed by atoms with Crippen LogP contribution < -0.4 is 0 Å². The van der Waals surface area contributed by atoms with Crippen LogP contribution in [0.2, 0.25) is 0 Å². The summed E-state index contributed by atoms with van der Waals surface area (Å²) in [6, 6.07) is 7.59. The average Bonchev–Trinajstić information content (AvgIpc) is 2.19. The Morgan fingerprint density at radius 3 is 2.40 bits per heavy atom. The molecule has 3 atom stereocenters. The molecule has 1 aromatic rings. The van der Waals surface area contributed by atoms with Crippen LogP contribution in [0.1, 0.15) is 19.4 Å². The van der Waals surface area contributed by atoms with Gasteiger partial charge in [0.25, 0.3) is 0 Å². The molecule has 0 amide bonds. The molecule has 1 saturated heterocycles. The summed E-state index contributed by atoms with van der Waals surface area (Å²) in [5, 5.41) is 10.8. The predicted octanol–water partition coefficient (Wildman–Crippen LogP) is 3.72. The Bertz CT molecular complexity index is 323. The number of rotatable bonds is 3. The van der Waals surface area contributed by atoms with Gasteiger partial charge in [0.05, 0.1) is 0 Å². The van der Waals surface area contributed by atoms with E-state index in [1.807, 2.05) is 33.7 Å². The number of aromatic hydroxyl groups is 1.